The minimum absolute atomic E-state index is 0.303. The van der Waals surface area contributed by atoms with E-state index < -0.39 is 0 Å². The molecule has 0 aliphatic heterocycles. The molecule has 100 valence electrons. The molecule has 20 heavy (non-hydrogen) atoms. The SMILES string of the molecule is CCNc1ccc(C(=O)Nc2cccc(C#N)c2)nc1. The number of nitrogens with one attached hydrogen (secondary N) is 2. The molecule has 0 atom stereocenters. The highest BCUT2D eigenvalue weighted by Gasteiger charge is 2.07. The Hall–Kier alpha value is -2.87. The normalized spacial score (nSPS) is 9.60. The minimum Gasteiger partial charge on any atom is -0.384 e. The van der Waals surface area contributed by atoms with Gasteiger partial charge in [0.1, 0.15) is 5.69 Å². The van der Waals surface area contributed by atoms with Crippen LogP contribution in [0.2, 0.25) is 0 Å². The van der Waals surface area contributed by atoms with Crippen molar-refractivity contribution in [1.29, 1.82) is 5.26 Å². The summed E-state index contributed by atoms with van der Waals surface area (Å²) in [7, 11) is 0. The first kappa shape index (κ1) is 13.6. The van der Waals surface area contributed by atoms with E-state index in [1.165, 1.54) is 0 Å². The lowest BCUT2D eigenvalue weighted by molar-refractivity contribution is 0.102. The Bertz CT molecular complexity index is 644. The smallest absolute Gasteiger partial charge is 0.274 e. The van der Waals surface area contributed by atoms with E-state index in [4.69, 9.17) is 5.26 Å². The first-order valence-corrected chi connectivity index (χ1v) is 6.24. The zero-order valence-electron chi connectivity index (χ0n) is 11.1. The lowest BCUT2D eigenvalue weighted by Gasteiger charge is -2.06. The summed E-state index contributed by atoms with van der Waals surface area (Å²) < 4.78 is 0. The molecule has 2 rings (SSSR count). The summed E-state index contributed by atoms with van der Waals surface area (Å²) in [5.41, 5.74) is 2.27. The maximum Gasteiger partial charge on any atom is 0.274 e. The van der Waals surface area contributed by atoms with Crippen LogP contribution in [0, 0.1) is 11.3 Å². The van der Waals surface area contributed by atoms with Crippen molar-refractivity contribution >= 4 is 17.3 Å². The van der Waals surface area contributed by atoms with Gasteiger partial charge in [0.2, 0.25) is 0 Å². The Morgan fingerprint density at radius 3 is 2.80 bits per heavy atom. The first-order chi connectivity index (χ1) is 9.72. The summed E-state index contributed by atoms with van der Waals surface area (Å²) in [5.74, 6) is -0.303. The second-order valence-corrected chi connectivity index (χ2v) is 4.11. The van der Waals surface area contributed by atoms with E-state index in [-0.39, 0.29) is 5.91 Å². The third kappa shape index (κ3) is 3.33. The molecule has 0 saturated heterocycles. The molecule has 5 nitrogen and oxygen atoms in total. The molecule has 1 heterocycles. The van der Waals surface area contributed by atoms with Gasteiger partial charge in [0, 0.05) is 12.2 Å². The van der Waals surface area contributed by atoms with E-state index >= 15 is 0 Å². The summed E-state index contributed by atoms with van der Waals surface area (Å²) >= 11 is 0. The van der Waals surface area contributed by atoms with Gasteiger partial charge in [0.05, 0.1) is 23.5 Å². The van der Waals surface area contributed by atoms with Crippen LogP contribution < -0.4 is 10.6 Å². The van der Waals surface area contributed by atoms with Gasteiger partial charge in [-0.05, 0) is 37.3 Å². The maximum absolute atomic E-state index is 12.0. The molecule has 0 bridgehead atoms. The van der Waals surface area contributed by atoms with Gasteiger partial charge in [-0.1, -0.05) is 6.07 Å². The van der Waals surface area contributed by atoms with Gasteiger partial charge >= 0.3 is 0 Å². The van der Waals surface area contributed by atoms with Crippen LogP contribution in [0.25, 0.3) is 0 Å². The van der Waals surface area contributed by atoms with Crippen LogP contribution in [-0.2, 0) is 0 Å². The number of hydrogen-bond acceptors (Lipinski definition) is 4. The molecular weight excluding hydrogens is 252 g/mol. The molecule has 2 aromatic rings. The van der Waals surface area contributed by atoms with Gasteiger partial charge in [-0.25, -0.2) is 4.98 Å². The lowest BCUT2D eigenvalue weighted by Crippen LogP contribution is -2.13. The van der Waals surface area contributed by atoms with Crippen LogP contribution in [0.4, 0.5) is 11.4 Å². The number of benzene rings is 1. The summed E-state index contributed by atoms with van der Waals surface area (Å²) in [6, 6.07) is 12.2. The van der Waals surface area contributed by atoms with Crippen LogP contribution in [0.15, 0.2) is 42.6 Å². The van der Waals surface area contributed by atoms with Gasteiger partial charge < -0.3 is 10.6 Å². The first-order valence-electron chi connectivity index (χ1n) is 6.24. The summed E-state index contributed by atoms with van der Waals surface area (Å²) in [6.45, 7) is 2.79. The molecule has 1 aromatic carbocycles. The minimum atomic E-state index is -0.303. The van der Waals surface area contributed by atoms with Crippen molar-refractivity contribution in [2.75, 3.05) is 17.2 Å². The van der Waals surface area contributed by atoms with Crippen molar-refractivity contribution in [2.45, 2.75) is 6.92 Å². The number of hydrogen-bond donors (Lipinski definition) is 2. The largest absolute Gasteiger partial charge is 0.384 e. The lowest BCUT2D eigenvalue weighted by atomic mass is 10.2. The highest BCUT2D eigenvalue weighted by molar-refractivity contribution is 6.03. The fourth-order valence-corrected chi connectivity index (χ4v) is 1.70. The van der Waals surface area contributed by atoms with Crippen molar-refractivity contribution < 1.29 is 4.79 Å². The van der Waals surface area contributed by atoms with Crippen molar-refractivity contribution in [3.63, 3.8) is 0 Å². The number of nitrogens with zero attached hydrogens (tertiary/aromatic N) is 2. The molecule has 1 aromatic heterocycles. The fourth-order valence-electron chi connectivity index (χ4n) is 1.70. The predicted molar refractivity (Wildman–Crippen MR) is 77.5 cm³/mol. The number of pyridine rings is 1. The average Bonchev–Trinajstić information content (AvgIpc) is 2.48. The van der Waals surface area contributed by atoms with Gasteiger partial charge in [0.15, 0.2) is 0 Å². The zero-order chi connectivity index (χ0) is 14.4. The summed E-state index contributed by atoms with van der Waals surface area (Å²) in [4.78, 5) is 16.1. The van der Waals surface area contributed by atoms with Crippen LogP contribution >= 0.6 is 0 Å². The monoisotopic (exact) mass is 266 g/mol. The second-order valence-electron chi connectivity index (χ2n) is 4.11. The zero-order valence-corrected chi connectivity index (χ0v) is 11.1. The van der Waals surface area contributed by atoms with Crippen molar-refractivity contribution in [3.8, 4) is 6.07 Å². The third-order valence-electron chi connectivity index (χ3n) is 2.63. The van der Waals surface area contributed by atoms with Gasteiger partial charge in [0.25, 0.3) is 5.91 Å². The number of carbonyl (C=O) groups is 1. The molecule has 0 aliphatic rings. The van der Waals surface area contributed by atoms with E-state index in [1.807, 2.05) is 13.0 Å². The quantitative estimate of drug-likeness (QED) is 0.891. The Kier molecular flexibility index (Phi) is 4.30. The van der Waals surface area contributed by atoms with E-state index in [9.17, 15) is 4.79 Å². The molecule has 0 saturated carbocycles. The number of amides is 1. The molecular formula is C15H14N4O. The molecule has 5 heteroatoms. The molecule has 1 amide bonds. The fraction of sp³-hybridized carbons (Fsp3) is 0.133. The third-order valence-corrected chi connectivity index (χ3v) is 2.63. The van der Waals surface area contributed by atoms with Crippen molar-refractivity contribution in [3.05, 3.63) is 53.9 Å². The standard InChI is InChI=1S/C15H14N4O/c1-2-17-13-6-7-14(18-10-13)15(20)19-12-5-3-4-11(8-12)9-16/h3-8,10,17H,2H2,1H3,(H,19,20). The van der Waals surface area contributed by atoms with Crippen molar-refractivity contribution in [1.82, 2.24) is 4.98 Å². The highest BCUT2D eigenvalue weighted by Crippen LogP contribution is 2.12. The summed E-state index contributed by atoms with van der Waals surface area (Å²) in [5, 5.41) is 14.6. The highest BCUT2D eigenvalue weighted by atomic mass is 16.1. The van der Waals surface area contributed by atoms with E-state index in [0.717, 1.165) is 12.2 Å². The van der Waals surface area contributed by atoms with Gasteiger partial charge in [-0.3, -0.25) is 4.79 Å². The molecule has 0 spiro atoms. The number of rotatable bonds is 4. The van der Waals surface area contributed by atoms with E-state index in [2.05, 4.69) is 15.6 Å². The molecule has 2 N–H and O–H groups in total. The Balaban J connectivity index is 2.09. The Morgan fingerprint density at radius 2 is 2.15 bits per heavy atom. The summed E-state index contributed by atoms with van der Waals surface area (Å²) in [6.07, 6.45) is 1.62. The molecule has 0 aliphatic carbocycles. The molecule has 0 radical (unpaired) electrons. The Morgan fingerprint density at radius 1 is 1.30 bits per heavy atom. The average molecular weight is 266 g/mol. The van der Waals surface area contributed by atoms with Crippen LogP contribution in [0.1, 0.15) is 23.0 Å². The van der Waals surface area contributed by atoms with Crippen LogP contribution in [0.3, 0.4) is 0 Å². The van der Waals surface area contributed by atoms with Gasteiger partial charge in [-0.2, -0.15) is 5.26 Å². The Labute approximate surface area is 117 Å². The van der Waals surface area contributed by atoms with Gasteiger partial charge in [-0.15, -0.1) is 0 Å². The number of anilines is 2. The molecule has 0 unspecified atom stereocenters. The number of carbonyl (C=O) groups excluding carboxylic acids is 1. The topological polar surface area (TPSA) is 77.8 Å². The van der Waals surface area contributed by atoms with Crippen LogP contribution in [-0.4, -0.2) is 17.4 Å². The van der Waals surface area contributed by atoms with Crippen LogP contribution in [0.5, 0.6) is 0 Å². The van der Waals surface area contributed by atoms with E-state index in [0.29, 0.717) is 16.9 Å². The number of aromatic nitrogens is 1. The second kappa shape index (κ2) is 6.34. The molecule has 0 fully saturated rings. The number of nitriles is 1. The van der Waals surface area contributed by atoms with Crippen molar-refractivity contribution in [2.24, 2.45) is 0 Å². The predicted octanol–water partition coefficient (Wildman–Crippen LogP) is 2.64. The van der Waals surface area contributed by atoms with E-state index in [1.54, 1.807) is 42.6 Å². The maximum atomic E-state index is 12.0.